The van der Waals surface area contributed by atoms with Crippen LogP contribution in [0.1, 0.15) is 26.3 Å². The van der Waals surface area contributed by atoms with Gasteiger partial charge in [0.05, 0.1) is 20.8 Å². The van der Waals surface area contributed by atoms with Crippen LogP contribution in [0.5, 0.6) is 17.2 Å². The number of carbonyl (C=O) groups is 1. The van der Waals surface area contributed by atoms with Crippen molar-refractivity contribution in [3.63, 3.8) is 0 Å². The molecule has 2 amide bonds. The Morgan fingerprint density at radius 3 is 2.15 bits per heavy atom. The molecule has 27 heavy (non-hydrogen) atoms. The van der Waals surface area contributed by atoms with Crippen LogP contribution in [0.2, 0.25) is 0 Å². The molecule has 0 heterocycles. The quantitative estimate of drug-likeness (QED) is 0.715. The Kier molecular flexibility index (Phi) is 6.93. The molecule has 0 saturated heterocycles. The first-order chi connectivity index (χ1) is 12.8. The first-order valence-corrected chi connectivity index (χ1v) is 8.83. The molecule has 0 aliphatic carbocycles. The number of hydrogen-bond acceptors (Lipinski definition) is 4. The third-order valence-corrected chi connectivity index (χ3v) is 3.96. The minimum Gasteiger partial charge on any atom is -0.496 e. The van der Waals surface area contributed by atoms with E-state index in [9.17, 15) is 4.79 Å². The first kappa shape index (κ1) is 20.4. The zero-order valence-corrected chi connectivity index (χ0v) is 16.6. The number of hydrogen-bond donors (Lipinski definition) is 2. The van der Waals surface area contributed by atoms with Crippen molar-refractivity contribution in [3.8, 4) is 17.2 Å². The molecule has 2 rings (SSSR count). The lowest BCUT2D eigenvalue weighted by Crippen LogP contribution is -2.33. The van der Waals surface area contributed by atoms with E-state index in [-0.39, 0.29) is 11.4 Å². The first-order valence-electron chi connectivity index (χ1n) is 8.83. The Bertz CT molecular complexity index is 747. The molecule has 2 N–H and O–H groups in total. The summed E-state index contributed by atoms with van der Waals surface area (Å²) in [6.45, 7) is 7.03. The third-order valence-electron chi connectivity index (χ3n) is 3.96. The van der Waals surface area contributed by atoms with E-state index < -0.39 is 0 Å². The summed E-state index contributed by atoms with van der Waals surface area (Å²) in [4.78, 5) is 12.2. The molecule has 6 nitrogen and oxygen atoms in total. The van der Waals surface area contributed by atoms with E-state index in [2.05, 4.69) is 31.4 Å². The number of methoxy groups -OCH3 is 2. The van der Waals surface area contributed by atoms with Crippen molar-refractivity contribution in [2.75, 3.05) is 32.7 Å². The molecule has 2 aromatic rings. The largest absolute Gasteiger partial charge is 0.496 e. The van der Waals surface area contributed by atoms with Gasteiger partial charge in [0.1, 0.15) is 23.9 Å². The molecule has 0 radical (unpaired) electrons. The highest BCUT2D eigenvalue weighted by Crippen LogP contribution is 2.29. The van der Waals surface area contributed by atoms with Crippen molar-refractivity contribution in [2.24, 2.45) is 0 Å². The molecule has 0 bridgehead atoms. The standard InChI is InChI=1S/C21H28N2O4/c1-21(2,3)18-8-6-7-9-19(18)23-20(24)22-10-11-27-17-13-15(25-4)12-16(14-17)26-5/h6-9,12-14H,10-11H2,1-5H3,(H2,22,23,24). The lowest BCUT2D eigenvalue weighted by molar-refractivity contribution is 0.247. The molecule has 0 spiro atoms. The van der Waals surface area contributed by atoms with Gasteiger partial charge in [0.2, 0.25) is 0 Å². The van der Waals surface area contributed by atoms with E-state index in [1.165, 1.54) is 0 Å². The molecule has 0 unspecified atom stereocenters. The van der Waals surface area contributed by atoms with E-state index >= 15 is 0 Å². The molecular weight excluding hydrogens is 344 g/mol. The number of urea groups is 1. The topological polar surface area (TPSA) is 68.8 Å². The number of nitrogens with one attached hydrogen (secondary N) is 2. The summed E-state index contributed by atoms with van der Waals surface area (Å²) in [5.41, 5.74) is 1.83. The molecule has 0 aliphatic heterocycles. The summed E-state index contributed by atoms with van der Waals surface area (Å²) in [5.74, 6) is 1.91. The van der Waals surface area contributed by atoms with Gasteiger partial charge in [0.15, 0.2) is 0 Å². The molecule has 0 atom stereocenters. The minimum absolute atomic E-state index is 0.0571. The number of rotatable bonds is 7. The van der Waals surface area contributed by atoms with E-state index in [4.69, 9.17) is 14.2 Å². The maximum atomic E-state index is 12.2. The molecule has 2 aromatic carbocycles. The second-order valence-corrected chi connectivity index (χ2v) is 7.07. The van der Waals surface area contributed by atoms with Gasteiger partial charge in [-0.05, 0) is 17.0 Å². The molecular formula is C21H28N2O4. The van der Waals surface area contributed by atoms with Gasteiger partial charge >= 0.3 is 6.03 Å². The Balaban J connectivity index is 1.86. The fourth-order valence-corrected chi connectivity index (χ4v) is 2.61. The van der Waals surface area contributed by atoms with Crippen LogP contribution in [-0.4, -0.2) is 33.4 Å². The molecule has 0 aromatic heterocycles. The summed E-state index contributed by atoms with van der Waals surface area (Å²) in [6.07, 6.45) is 0. The van der Waals surface area contributed by atoms with E-state index in [0.717, 1.165) is 11.3 Å². The van der Waals surface area contributed by atoms with Gasteiger partial charge in [-0.25, -0.2) is 4.79 Å². The van der Waals surface area contributed by atoms with E-state index in [1.807, 2.05) is 24.3 Å². The Hall–Kier alpha value is -2.89. The predicted molar refractivity (Wildman–Crippen MR) is 107 cm³/mol. The fourth-order valence-electron chi connectivity index (χ4n) is 2.61. The monoisotopic (exact) mass is 372 g/mol. The zero-order valence-electron chi connectivity index (χ0n) is 16.6. The number of amides is 2. The van der Waals surface area contributed by atoms with Crippen molar-refractivity contribution in [2.45, 2.75) is 26.2 Å². The number of para-hydroxylation sites is 1. The lowest BCUT2D eigenvalue weighted by atomic mass is 9.86. The van der Waals surface area contributed by atoms with Crippen molar-refractivity contribution in [1.82, 2.24) is 5.32 Å². The smallest absolute Gasteiger partial charge is 0.319 e. The van der Waals surface area contributed by atoms with Crippen molar-refractivity contribution >= 4 is 11.7 Å². The van der Waals surface area contributed by atoms with Crippen LogP contribution >= 0.6 is 0 Å². The number of ether oxygens (including phenoxy) is 3. The van der Waals surface area contributed by atoms with Crippen LogP contribution in [0.4, 0.5) is 10.5 Å². The van der Waals surface area contributed by atoms with Gasteiger partial charge in [-0.15, -0.1) is 0 Å². The van der Waals surface area contributed by atoms with Crippen LogP contribution in [0.25, 0.3) is 0 Å². The Morgan fingerprint density at radius 1 is 0.963 bits per heavy atom. The van der Waals surface area contributed by atoms with Crippen LogP contribution in [0.3, 0.4) is 0 Å². The van der Waals surface area contributed by atoms with Crippen LogP contribution in [0.15, 0.2) is 42.5 Å². The Morgan fingerprint density at radius 2 is 1.56 bits per heavy atom. The van der Waals surface area contributed by atoms with Gasteiger partial charge in [-0.2, -0.15) is 0 Å². The number of anilines is 1. The minimum atomic E-state index is -0.265. The average Bonchev–Trinajstić information content (AvgIpc) is 2.64. The summed E-state index contributed by atoms with van der Waals surface area (Å²) in [5, 5.41) is 5.71. The lowest BCUT2D eigenvalue weighted by Gasteiger charge is -2.23. The molecule has 0 saturated carbocycles. The highest BCUT2D eigenvalue weighted by atomic mass is 16.5. The molecule has 6 heteroatoms. The maximum absolute atomic E-state index is 12.2. The van der Waals surface area contributed by atoms with Gasteiger partial charge < -0.3 is 24.8 Å². The summed E-state index contributed by atoms with van der Waals surface area (Å²) >= 11 is 0. The van der Waals surface area contributed by atoms with E-state index in [1.54, 1.807) is 32.4 Å². The second-order valence-electron chi connectivity index (χ2n) is 7.07. The number of carbonyl (C=O) groups excluding carboxylic acids is 1. The SMILES string of the molecule is COc1cc(OC)cc(OCCNC(=O)Nc2ccccc2C(C)(C)C)c1. The summed E-state index contributed by atoms with van der Waals surface area (Å²) < 4.78 is 16.1. The second kappa shape index (κ2) is 9.16. The normalized spacial score (nSPS) is 10.9. The van der Waals surface area contributed by atoms with Gasteiger partial charge in [-0.3, -0.25) is 0 Å². The van der Waals surface area contributed by atoms with Crippen molar-refractivity contribution in [3.05, 3.63) is 48.0 Å². The maximum Gasteiger partial charge on any atom is 0.319 e. The molecule has 0 aliphatic rings. The average molecular weight is 372 g/mol. The van der Waals surface area contributed by atoms with Crippen LogP contribution < -0.4 is 24.8 Å². The van der Waals surface area contributed by atoms with Gasteiger partial charge in [0.25, 0.3) is 0 Å². The summed E-state index contributed by atoms with van der Waals surface area (Å²) in [7, 11) is 3.17. The third kappa shape index (κ3) is 6.09. The van der Waals surface area contributed by atoms with Gasteiger partial charge in [0, 0.05) is 23.9 Å². The predicted octanol–water partition coefficient (Wildman–Crippen LogP) is 4.20. The zero-order chi connectivity index (χ0) is 19.9. The summed E-state index contributed by atoms with van der Waals surface area (Å²) in [6, 6.07) is 12.8. The molecule has 146 valence electrons. The fraction of sp³-hybridized carbons (Fsp3) is 0.381. The number of benzene rings is 2. The van der Waals surface area contributed by atoms with Crippen LogP contribution in [-0.2, 0) is 5.41 Å². The molecule has 0 fully saturated rings. The van der Waals surface area contributed by atoms with Crippen molar-refractivity contribution in [1.29, 1.82) is 0 Å². The van der Waals surface area contributed by atoms with Crippen LogP contribution in [0, 0.1) is 0 Å². The highest BCUT2D eigenvalue weighted by Gasteiger charge is 2.18. The van der Waals surface area contributed by atoms with Gasteiger partial charge in [-0.1, -0.05) is 39.0 Å². The van der Waals surface area contributed by atoms with E-state index in [0.29, 0.717) is 30.4 Å². The Labute approximate surface area is 160 Å². The highest BCUT2D eigenvalue weighted by molar-refractivity contribution is 5.90. The van der Waals surface area contributed by atoms with Crippen molar-refractivity contribution < 1.29 is 19.0 Å².